The first kappa shape index (κ1) is 33.6. The van der Waals surface area contributed by atoms with Crippen LogP contribution in [0.15, 0.2) is 121 Å². The maximum absolute atomic E-state index is 13.7. The lowest BCUT2D eigenvalue weighted by Crippen LogP contribution is -2.08. The van der Waals surface area contributed by atoms with Crippen molar-refractivity contribution < 1.29 is 28.5 Å². The van der Waals surface area contributed by atoms with Gasteiger partial charge in [0.15, 0.2) is 17.3 Å². The van der Waals surface area contributed by atoms with E-state index in [1.54, 1.807) is 25.3 Å². The lowest BCUT2D eigenvalue weighted by molar-refractivity contribution is 0.0981. The fraction of sp³-hybridized carbons (Fsp3) is 0.225. The van der Waals surface area contributed by atoms with Crippen molar-refractivity contribution in [3.63, 3.8) is 0 Å². The Balaban J connectivity index is 1.39. The molecule has 5 aromatic rings. The lowest BCUT2D eigenvalue weighted by Gasteiger charge is -2.19. The Morgan fingerprint density at radius 3 is 1.60 bits per heavy atom. The molecule has 7 heteroatoms. The van der Waals surface area contributed by atoms with E-state index < -0.39 is 0 Å². The number of carbonyl (C=O) groups is 1. The maximum Gasteiger partial charge on any atom is 0.163 e. The molecule has 0 spiro atoms. The van der Waals surface area contributed by atoms with Crippen LogP contribution in [-0.2, 0) is 26.2 Å². The number of benzene rings is 5. The summed E-state index contributed by atoms with van der Waals surface area (Å²) in [4.78, 5) is 13.7. The van der Waals surface area contributed by atoms with E-state index in [1.165, 1.54) is 0 Å². The Bertz CT molecular complexity index is 1630. The van der Waals surface area contributed by atoms with Gasteiger partial charge in [-0.2, -0.15) is 0 Å². The van der Waals surface area contributed by atoms with Gasteiger partial charge < -0.3 is 23.7 Å². The second-order valence-electron chi connectivity index (χ2n) is 10.9. The monoisotopic (exact) mass is 694 g/mol. The van der Waals surface area contributed by atoms with Gasteiger partial charge in [-0.05, 0) is 47.7 Å². The fourth-order valence-corrected chi connectivity index (χ4v) is 5.21. The summed E-state index contributed by atoms with van der Waals surface area (Å²) in [5.41, 5.74) is 4.45. The highest BCUT2D eigenvalue weighted by Gasteiger charge is 2.19. The third-order valence-electron chi connectivity index (χ3n) is 7.49. The smallest absolute Gasteiger partial charge is 0.163 e. The van der Waals surface area contributed by atoms with Crippen LogP contribution in [0.4, 0.5) is 0 Å². The molecule has 5 aromatic carbocycles. The maximum atomic E-state index is 13.7. The molecule has 6 nitrogen and oxygen atoms in total. The molecule has 0 radical (unpaired) electrons. The zero-order chi connectivity index (χ0) is 32.7. The van der Waals surface area contributed by atoms with Gasteiger partial charge in [0.25, 0.3) is 0 Å². The Hall–Kier alpha value is -4.75. The number of hydrogen-bond acceptors (Lipinski definition) is 6. The summed E-state index contributed by atoms with van der Waals surface area (Å²) in [7, 11) is 1.59. The molecule has 0 aromatic heterocycles. The summed E-state index contributed by atoms with van der Waals surface area (Å²) in [6, 6.07) is 39.0. The minimum atomic E-state index is -0.0297. The number of rotatable bonds is 18. The fourth-order valence-electron chi connectivity index (χ4n) is 4.98. The normalized spacial score (nSPS) is 10.7. The number of ether oxygens (including phenoxy) is 5. The van der Waals surface area contributed by atoms with Crippen LogP contribution in [0.5, 0.6) is 28.7 Å². The summed E-state index contributed by atoms with van der Waals surface area (Å²) in [5, 5.41) is 0.840. The Morgan fingerprint density at radius 1 is 0.596 bits per heavy atom. The van der Waals surface area contributed by atoms with Crippen LogP contribution in [0, 0.1) is 0 Å². The first-order valence-electron chi connectivity index (χ1n) is 15.7. The molecule has 242 valence electrons. The van der Waals surface area contributed by atoms with Crippen molar-refractivity contribution >= 4 is 21.7 Å². The van der Waals surface area contributed by atoms with Gasteiger partial charge in [0.05, 0.1) is 13.7 Å². The minimum Gasteiger partial charge on any atom is -0.493 e. The number of halogens is 1. The SMILES string of the molecule is COc1ccc(C(=O)CCc2c(OCc3ccccc3)cc(OCCCBr)cc2OCc2ccccc2)cc1OCc1ccccc1. The molecular formula is C40H39BrO6. The molecule has 5 rings (SSSR count). The second kappa shape index (κ2) is 17.8. The number of alkyl halides is 1. The van der Waals surface area contributed by atoms with E-state index in [1.807, 2.05) is 103 Å². The van der Waals surface area contributed by atoms with E-state index in [2.05, 4.69) is 15.9 Å². The van der Waals surface area contributed by atoms with Crippen molar-refractivity contribution in [1.82, 2.24) is 0 Å². The topological polar surface area (TPSA) is 63.2 Å². The van der Waals surface area contributed by atoms with Crippen molar-refractivity contribution in [2.24, 2.45) is 0 Å². The molecule has 0 atom stereocenters. The van der Waals surface area contributed by atoms with Crippen molar-refractivity contribution in [3.8, 4) is 28.7 Å². The molecule has 0 bridgehead atoms. The van der Waals surface area contributed by atoms with Gasteiger partial charge in [-0.25, -0.2) is 0 Å². The van der Waals surface area contributed by atoms with Gasteiger partial charge in [0.1, 0.15) is 37.1 Å². The van der Waals surface area contributed by atoms with Crippen LogP contribution in [0.1, 0.15) is 45.5 Å². The third-order valence-corrected chi connectivity index (χ3v) is 8.05. The van der Waals surface area contributed by atoms with Gasteiger partial charge in [-0.15, -0.1) is 0 Å². The van der Waals surface area contributed by atoms with Crippen LogP contribution in [0.3, 0.4) is 0 Å². The van der Waals surface area contributed by atoms with Crippen molar-refractivity contribution in [2.45, 2.75) is 39.1 Å². The van der Waals surface area contributed by atoms with Crippen molar-refractivity contribution in [3.05, 3.63) is 149 Å². The van der Waals surface area contributed by atoms with Gasteiger partial charge in [0.2, 0.25) is 0 Å². The number of Topliss-reactive ketones (excluding diaryl/α,β-unsaturated/α-hetero) is 1. The second-order valence-corrected chi connectivity index (χ2v) is 11.7. The predicted molar refractivity (Wildman–Crippen MR) is 188 cm³/mol. The zero-order valence-corrected chi connectivity index (χ0v) is 28.1. The standard InChI is InChI=1S/C40H39BrO6/c1-43-37-21-18-33(24-40(37)47-29-32-16-9-4-10-17-32)36(42)20-19-35-38(45-27-30-12-5-2-6-13-30)25-34(44-23-11-22-41)26-39(35)46-28-31-14-7-3-8-15-31/h2-10,12-18,21,24-26H,11,19-20,22-23,27-29H2,1H3. The summed E-state index contributed by atoms with van der Waals surface area (Å²) < 4.78 is 30.5. The zero-order valence-electron chi connectivity index (χ0n) is 26.5. The van der Waals surface area contributed by atoms with Crippen LogP contribution in [0.2, 0.25) is 0 Å². The first-order valence-corrected chi connectivity index (χ1v) is 16.8. The van der Waals surface area contributed by atoms with E-state index in [9.17, 15) is 4.79 Å². The van der Waals surface area contributed by atoms with E-state index in [-0.39, 0.29) is 12.2 Å². The molecule has 0 saturated carbocycles. The van der Waals surface area contributed by atoms with Crippen LogP contribution < -0.4 is 23.7 Å². The summed E-state index contributed by atoms with van der Waals surface area (Å²) in [6.45, 7) is 1.64. The van der Waals surface area contributed by atoms with E-state index >= 15 is 0 Å². The highest BCUT2D eigenvalue weighted by molar-refractivity contribution is 9.09. The van der Waals surface area contributed by atoms with Gasteiger partial charge in [-0.3, -0.25) is 4.79 Å². The molecule has 0 aliphatic rings. The van der Waals surface area contributed by atoms with Gasteiger partial charge >= 0.3 is 0 Å². The summed E-state index contributed by atoms with van der Waals surface area (Å²) >= 11 is 3.47. The summed E-state index contributed by atoms with van der Waals surface area (Å²) in [5.74, 6) is 2.97. The Labute approximate surface area is 285 Å². The Kier molecular flexibility index (Phi) is 12.7. The molecule has 0 N–H and O–H groups in total. The minimum absolute atomic E-state index is 0.0297. The average Bonchev–Trinajstić information content (AvgIpc) is 3.12. The molecule has 0 aliphatic carbocycles. The van der Waals surface area contributed by atoms with Crippen LogP contribution >= 0.6 is 15.9 Å². The average molecular weight is 696 g/mol. The predicted octanol–water partition coefficient (Wildman–Crippen LogP) is 9.41. The van der Waals surface area contributed by atoms with Crippen LogP contribution in [-0.4, -0.2) is 24.8 Å². The molecule has 0 saturated heterocycles. The van der Waals surface area contributed by atoms with Gasteiger partial charge in [-0.1, -0.05) is 107 Å². The Morgan fingerprint density at radius 2 is 1.11 bits per heavy atom. The summed E-state index contributed by atoms with van der Waals surface area (Å²) in [6.07, 6.45) is 1.49. The van der Waals surface area contributed by atoms with Crippen molar-refractivity contribution in [2.75, 3.05) is 19.0 Å². The molecule has 0 heterocycles. The first-order chi connectivity index (χ1) is 23.1. The van der Waals surface area contributed by atoms with Gasteiger partial charge in [0, 0.05) is 35.0 Å². The number of carbonyl (C=O) groups excluding carboxylic acids is 1. The number of ketones is 1. The van der Waals surface area contributed by atoms with E-state index in [0.29, 0.717) is 67.2 Å². The lowest BCUT2D eigenvalue weighted by atomic mass is 10.0. The molecular weight excluding hydrogens is 656 g/mol. The molecule has 0 fully saturated rings. The highest BCUT2D eigenvalue weighted by atomic mass is 79.9. The highest BCUT2D eigenvalue weighted by Crippen LogP contribution is 2.37. The van der Waals surface area contributed by atoms with E-state index in [4.69, 9.17) is 23.7 Å². The van der Waals surface area contributed by atoms with Crippen LogP contribution in [0.25, 0.3) is 0 Å². The molecule has 0 unspecified atom stereocenters. The number of hydrogen-bond donors (Lipinski definition) is 0. The largest absolute Gasteiger partial charge is 0.493 e. The van der Waals surface area contributed by atoms with E-state index in [0.717, 1.165) is 34.0 Å². The molecule has 0 aliphatic heterocycles. The number of methoxy groups -OCH3 is 1. The third kappa shape index (κ3) is 10.1. The quantitative estimate of drug-likeness (QED) is 0.0517. The molecule has 0 amide bonds. The molecule has 47 heavy (non-hydrogen) atoms. The van der Waals surface area contributed by atoms with Crippen molar-refractivity contribution in [1.29, 1.82) is 0 Å².